The fourth-order valence-electron chi connectivity index (χ4n) is 1.96. The lowest BCUT2D eigenvalue weighted by Crippen LogP contribution is -2.08. The van der Waals surface area contributed by atoms with Crippen LogP contribution in [0.15, 0.2) is 36.7 Å². The number of fused-ring (bicyclic) bond motifs is 1. The Morgan fingerprint density at radius 3 is 2.74 bits per heavy atom. The lowest BCUT2D eigenvalue weighted by atomic mass is 10.1. The molecule has 0 radical (unpaired) electrons. The highest BCUT2D eigenvalue weighted by molar-refractivity contribution is 6.34. The van der Waals surface area contributed by atoms with Crippen molar-refractivity contribution >= 4 is 28.2 Å². The SMILES string of the molecule is CC(Nc1nnc(Cl)c2ccccc12)c1cn[nH]c1. The van der Waals surface area contributed by atoms with Gasteiger partial charge in [0.1, 0.15) is 0 Å². The van der Waals surface area contributed by atoms with Gasteiger partial charge in [-0.3, -0.25) is 5.10 Å². The summed E-state index contributed by atoms with van der Waals surface area (Å²) in [6.07, 6.45) is 3.63. The zero-order valence-electron chi connectivity index (χ0n) is 10.3. The van der Waals surface area contributed by atoms with E-state index in [-0.39, 0.29) is 6.04 Å². The first kappa shape index (κ1) is 11.9. The quantitative estimate of drug-likeness (QED) is 0.769. The van der Waals surface area contributed by atoms with E-state index in [9.17, 15) is 0 Å². The van der Waals surface area contributed by atoms with Gasteiger partial charge < -0.3 is 5.32 Å². The molecule has 6 heteroatoms. The summed E-state index contributed by atoms with van der Waals surface area (Å²) < 4.78 is 0. The van der Waals surface area contributed by atoms with Crippen molar-refractivity contribution in [1.82, 2.24) is 20.4 Å². The fourth-order valence-corrected chi connectivity index (χ4v) is 2.17. The van der Waals surface area contributed by atoms with Crippen molar-refractivity contribution in [3.8, 4) is 0 Å². The topological polar surface area (TPSA) is 66.5 Å². The first-order chi connectivity index (χ1) is 9.25. The molecule has 0 aliphatic carbocycles. The molecule has 3 rings (SSSR count). The van der Waals surface area contributed by atoms with Crippen LogP contribution in [0.2, 0.25) is 5.15 Å². The maximum atomic E-state index is 6.05. The van der Waals surface area contributed by atoms with Crippen molar-refractivity contribution in [3.05, 3.63) is 47.4 Å². The van der Waals surface area contributed by atoms with Gasteiger partial charge in [0.15, 0.2) is 11.0 Å². The summed E-state index contributed by atoms with van der Waals surface area (Å²) in [4.78, 5) is 0. The van der Waals surface area contributed by atoms with Gasteiger partial charge in [-0.25, -0.2) is 0 Å². The van der Waals surface area contributed by atoms with Gasteiger partial charge in [0, 0.05) is 22.5 Å². The van der Waals surface area contributed by atoms with Crippen molar-refractivity contribution in [1.29, 1.82) is 0 Å². The van der Waals surface area contributed by atoms with Gasteiger partial charge in [-0.15, -0.1) is 10.2 Å². The zero-order valence-corrected chi connectivity index (χ0v) is 11.0. The van der Waals surface area contributed by atoms with Crippen molar-refractivity contribution in [2.45, 2.75) is 13.0 Å². The molecular formula is C13H12ClN5. The van der Waals surface area contributed by atoms with Crippen LogP contribution in [-0.4, -0.2) is 20.4 Å². The zero-order chi connectivity index (χ0) is 13.2. The Bertz CT molecular complexity index is 695. The molecular weight excluding hydrogens is 262 g/mol. The summed E-state index contributed by atoms with van der Waals surface area (Å²) in [5, 5.41) is 20.4. The van der Waals surface area contributed by atoms with Crippen LogP contribution >= 0.6 is 11.6 Å². The summed E-state index contributed by atoms with van der Waals surface area (Å²) in [5.74, 6) is 0.716. The Morgan fingerprint density at radius 2 is 2.00 bits per heavy atom. The van der Waals surface area contributed by atoms with Crippen molar-refractivity contribution < 1.29 is 0 Å². The fraction of sp³-hybridized carbons (Fsp3) is 0.154. The maximum Gasteiger partial charge on any atom is 0.159 e. The number of benzene rings is 1. The summed E-state index contributed by atoms with van der Waals surface area (Å²) in [6, 6.07) is 7.87. The number of halogens is 1. The number of hydrogen-bond donors (Lipinski definition) is 2. The average Bonchev–Trinajstić information content (AvgIpc) is 2.96. The smallest absolute Gasteiger partial charge is 0.159 e. The van der Waals surface area contributed by atoms with Crippen LogP contribution < -0.4 is 5.32 Å². The first-order valence-electron chi connectivity index (χ1n) is 5.92. The predicted octanol–water partition coefficient (Wildman–Crippen LogP) is 3.18. The Labute approximate surface area is 115 Å². The third-order valence-electron chi connectivity index (χ3n) is 3.01. The molecule has 0 saturated heterocycles. The molecule has 1 atom stereocenters. The van der Waals surface area contributed by atoms with Crippen molar-refractivity contribution in [2.24, 2.45) is 0 Å². The molecule has 2 heterocycles. The minimum atomic E-state index is 0.0811. The van der Waals surface area contributed by atoms with Crippen LogP contribution in [0.1, 0.15) is 18.5 Å². The normalized spacial score (nSPS) is 12.5. The van der Waals surface area contributed by atoms with Crippen LogP contribution in [-0.2, 0) is 0 Å². The largest absolute Gasteiger partial charge is 0.361 e. The molecule has 3 aromatic rings. The standard InChI is InChI=1S/C13H12ClN5/c1-8(9-6-15-16-7-9)17-13-11-5-3-2-4-10(11)12(14)18-19-13/h2-8H,1H3,(H,15,16)(H,17,19). The van der Waals surface area contributed by atoms with E-state index in [0.29, 0.717) is 11.0 Å². The highest BCUT2D eigenvalue weighted by Crippen LogP contribution is 2.27. The summed E-state index contributed by atoms with van der Waals surface area (Å²) >= 11 is 6.05. The van der Waals surface area contributed by atoms with E-state index in [2.05, 4.69) is 25.7 Å². The van der Waals surface area contributed by atoms with Gasteiger partial charge in [0.05, 0.1) is 12.2 Å². The molecule has 0 fully saturated rings. The van der Waals surface area contributed by atoms with E-state index < -0.39 is 0 Å². The number of aromatic amines is 1. The molecule has 1 aromatic carbocycles. The number of aromatic nitrogens is 4. The van der Waals surface area contributed by atoms with Crippen LogP contribution in [0.3, 0.4) is 0 Å². The lowest BCUT2D eigenvalue weighted by Gasteiger charge is -2.14. The minimum Gasteiger partial charge on any atom is -0.361 e. The Kier molecular flexibility index (Phi) is 3.05. The number of nitrogens with zero attached hydrogens (tertiary/aromatic N) is 3. The second kappa shape index (κ2) is 4.85. The van der Waals surface area contributed by atoms with Gasteiger partial charge in [0.25, 0.3) is 0 Å². The van der Waals surface area contributed by atoms with Gasteiger partial charge in [-0.05, 0) is 6.92 Å². The second-order valence-electron chi connectivity index (χ2n) is 4.28. The Morgan fingerprint density at radius 1 is 1.21 bits per heavy atom. The number of H-pyrrole nitrogens is 1. The maximum absolute atomic E-state index is 6.05. The van der Waals surface area contributed by atoms with E-state index in [4.69, 9.17) is 11.6 Å². The molecule has 96 valence electrons. The molecule has 0 bridgehead atoms. The Balaban J connectivity index is 2.00. The third kappa shape index (κ3) is 2.24. The summed E-state index contributed by atoms with van der Waals surface area (Å²) in [5.41, 5.74) is 1.06. The number of anilines is 1. The highest BCUT2D eigenvalue weighted by Gasteiger charge is 2.11. The minimum absolute atomic E-state index is 0.0811. The lowest BCUT2D eigenvalue weighted by molar-refractivity contribution is 0.866. The Hall–Kier alpha value is -2.14. The highest BCUT2D eigenvalue weighted by atomic mass is 35.5. The van der Waals surface area contributed by atoms with E-state index in [0.717, 1.165) is 16.3 Å². The van der Waals surface area contributed by atoms with Crippen LogP contribution in [0.4, 0.5) is 5.82 Å². The van der Waals surface area contributed by atoms with E-state index in [1.807, 2.05) is 37.4 Å². The second-order valence-corrected chi connectivity index (χ2v) is 4.64. The molecule has 0 spiro atoms. The van der Waals surface area contributed by atoms with E-state index in [1.54, 1.807) is 6.20 Å². The molecule has 2 N–H and O–H groups in total. The third-order valence-corrected chi connectivity index (χ3v) is 3.29. The predicted molar refractivity (Wildman–Crippen MR) is 75.2 cm³/mol. The van der Waals surface area contributed by atoms with Crippen molar-refractivity contribution in [2.75, 3.05) is 5.32 Å². The van der Waals surface area contributed by atoms with Gasteiger partial charge in [-0.2, -0.15) is 5.10 Å². The molecule has 0 aliphatic heterocycles. The molecule has 0 aliphatic rings. The molecule has 0 saturated carbocycles. The van der Waals surface area contributed by atoms with Gasteiger partial charge in [-0.1, -0.05) is 35.9 Å². The molecule has 1 unspecified atom stereocenters. The molecule has 2 aromatic heterocycles. The van der Waals surface area contributed by atoms with Crippen LogP contribution in [0.5, 0.6) is 0 Å². The summed E-state index contributed by atoms with van der Waals surface area (Å²) in [6.45, 7) is 2.04. The molecule has 5 nitrogen and oxygen atoms in total. The molecule has 19 heavy (non-hydrogen) atoms. The average molecular weight is 274 g/mol. The summed E-state index contributed by atoms with van der Waals surface area (Å²) in [7, 11) is 0. The van der Waals surface area contributed by atoms with E-state index in [1.165, 1.54) is 0 Å². The van der Waals surface area contributed by atoms with Crippen molar-refractivity contribution in [3.63, 3.8) is 0 Å². The first-order valence-corrected chi connectivity index (χ1v) is 6.29. The number of hydrogen-bond acceptors (Lipinski definition) is 4. The molecule has 0 amide bonds. The van der Waals surface area contributed by atoms with Gasteiger partial charge in [0.2, 0.25) is 0 Å². The van der Waals surface area contributed by atoms with Crippen LogP contribution in [0, 0.1) is 0 Å². The van der Waals surface area contributed by atoms with Gasteiger partial charge >= 0.3 is 0 Å². The van der Waals surface area contributed by atoms with Crippen LogP contribution in [0.25, 0.3) is 10.8 Å². The number of rotatable bonds is 3. The van der Waals surface area contributed by atoms with E-state index >= 15 is 0 Å². The number of nitrogens with one attached hydrogen (secondary N) is 2. The monoisotopic (exact) mass is 273 g/mol.